The summed E-state index contributed by atoms with van der Waals surface area (Å²) in [7, 11) is 0. The average molecular weight is 268 g/mol. The normalized spacial score (nSPS) is 27.6. The van der Waals surface area contributed by atoms with Crippen LogP contribution in [0.1, 0.15) is 42.5 Å². The van der Waals surface area contributed by atoms with Crippen LogP contribution in [0.25, 0.3) is 0 Å². The molecule has 100 valence electrons. The number of ether oxygens (including phenoxy) is 1. The maximum absolute atomic E-state index is 10.1. The van der Waals surface area contributed by atoms with E-state index in [4.69, 9.17) is 4.74 Å². The molecule has 2 N–H and O–H groups in total. The van der Waals surface area contributed by atoms with Crippen molar-refractivity contribution >= 4 is 11.3 Å². The molecule has 0 bridgehead atoms. The van der Waals surface area contributed by atoms with Crippen molar-refractivity contribution in [2.24, 2.45) is 5.92 Å². The second-order valence-electron chi connectivity index (χ2n) is 4.41. The van der Waals surface area contributed by atoms with Gasteiger partial charge in [-0.05, 0) is 25.7 Å². The minimum Gasteiger partial charge on any atom is -0.387 e. The Morgan fingerprint density at radius 1 is 1.67 bits per heavy atom. The number of hydrogen-bond acceptors (Lipinski definition) is 5. The number of aliphatic hydroxyl groups is 1. The van der Waals surface area contributed by atoms with Crippen LogP contribution in [-0.2, 0) is 4.74 Å². The summed E-state index contributed by atoms with van der Waals surface area (Å²) in [6.07, 6.45) is 3.16. The predicted octanol–water partition coefficient (Wildman–Crippen LogP) is 2.40. The first kappa shape index (κ1) is 13.7. The zero-order chi connectivity index (χ0) is 13.0. The van der Waals surface area contributed by atoms with Crippen LogP contribution in [0.2, 0.25) is 0 Å². The second-order valence-corrected chi connectivity index (χ2v) is 5.30. The molecule has 0 fully saturated rings. The van der Waals surface area contributed by atoms with Crippen molar-refractivity contribution in [1.82, 2.24) is 10.3 Å². The molecule has 1 heterocycles. The molecule has 0 aliphatic heterocycles. The van der Waals surface area contributed by atoms with E-state index in [2.05, 4.69) is 16.9 Å². The van der Waals surface area contributed by atoms with Gasteiger partial charge in [0.05, 0.1) is 30.1 Å². The third kappa shape index (κ3) is 2.80. The summed E-state index contributed by atoms with van der Waals surface area (Å²) >= 11 is 1.59. The van der Waals surface area contributed by atoms with Crippen LogP contribution in [0.5, 0.6) is 0 Å². The third-order valence-electron chi connectivity index (χ3n) is 3.34. The summed E-state index contributed by atoms with van der Waals surface area (Å²) in [5.74, 6) is 0.307. The van der Waals surface area contributed by atoms with Crippen molar-refractivity contribution in [2.75, 3.05) is 13.3 Å². The second kappa shape index (κ2) is 6.43. The van der Waals surface area contributed by atoms with Gasteiger partial charge in [-0.15, -0.1) is 17.9 Å². The lowest BCUT2D eigenvalue weighted by atomic mass is 9.96. The number of thiazole rings is 1. The quantitative estimate of drug-likeness (QED) is 0.373. The zero-order valence-corrected chi connectivity index (χ0v) is 11.4. The topological polar surface area (TPSA) is 54.4 Å². The molecule has 3 unspecified atom stereocenters. The van der Waals surface area contributed by atoms with Gasteiger partial charge in [0.25, 0.3) is 0 Å². The van der Waals surface area contributed by atoms with Crippen LogP contribution in [0, 0.1) is 5.92 Å². The molecule has 0 saturated heterocycles. The van der Waals surface area contributed by atoms with Gasteiger partial charge in [0.1, 0.15) is 0 Å². The molecule has 4 nitrogen and oxygen atoms in total. The molecule has 5 heteroatoms. The summed E-state index contributed by atoms with van der Waals surface area (Å²) in [4.78, 5) is 5.41. The van der Waals surface area contributed by atoms with Crippen molar-refractivity contribution in [2.45, 2.75) is 31.9 Å². The number of rotatable bonds is 5. The Labute approximate surface area is 112 Å². The van der Waals surface area contributed by atoms with Crippen molar-refractivity contribution in [3.8, 4) is 0 Å². The fraction of sp³-hybridized carbons (Fsp3) is 0.615. The van der Waals surface area contributed by atoms with Crippen molar-refractivity contribution in [3.05, 3.63) is 28.7 Å². The van der Waals surface area contributed by atoms with E-state index in [-0.39, 0.29) is 6.04 Å². The van der Waals surface area contributed by atoms with E-state index in [0.29, 0.717) is 19.3 Å². The number of fused-ring (bicyclic) bond motifs is 1. The number of aromatic nitrogens is 1. The monoisotopic (exact) mass is 268 g/mol. The first-order valence-electron chi connectivity index (χ1n) is 6.33. The predicted molar refractivity (Wildman–Crippen MR) is 72.4 cm³/mol. The van der Waals surface area contributed by atoms with Crippen molar-refractivity contribution < 1.29 is 9.84 Å². The zero-order valence-electron chi connectivity index (χ0n) is 10.6. The summed E-state index contributed by atoms with van der Waals surface area (Å²) in [6.45, 7) is 7.09. The Morgan fingerprint density at radius 3 is 3.22 bits per heavy atom. The number of nitrogens with zero attached hydrogens (tertiary/aromatic N) is 1. The Kier molecular flexibility index (Phi) is 4.88. The van der Waals surface area contributed by atoms with E-state index in [1.807, 2.05) is 13.0 Å². The highest BCUT2D eigenvalue weighted by Crippen LogP contribution is 2.39. The molecule has 1 aromatic heterocycles. The molecule has 0 saturated carbocycles. The third-order valence-corrected chi connectivity index (χ3v) is 4.26. The van der Waals surface area contributed by atoms with Gasteiger partial charge in [0.15, 0.2) is 0 Å². The summed E-state index contributed by atoms with van der Waals surface area (Å²) < 4.78 is 5.36. The van der Waals surface area contributed by atoms with E-state index in [9.17, 15) is 5.11 Å². The standard InChI is InChI=1S/C13H20N2O2S/c1-3-9-5-6-10(16)12-13(18-8-15-12)11(9)14-7-17-4-2/h3,8-11,14,16H,1,4-7H2,2H3. The van der Waals surface area contributed by atoms with Gasteiger partial charge in [-0.1, -0.05) is 6.08 Å². The average Bonchev–Trinajstić information content (AvgIpc) is 2.81. The molecule has 0 spiro atoms. The van der Waals surface area contributed by atoms with Crippen molar-refractivity contribution in [3.63, 3.8) is 0 Å². The summed E-state index contributed by atoms with van der Waals surface area (Å²) in [6, 6.07) is 0.147. The largest absolute Gasteiger partial charge is 0.387 e. The van der Waals surface area contributed by atoms with Crippen LogP contribution in [0.3, 0.4) is 0 Å². The molecule has 0 aromatic carbocycles. The molecule has 1 aromatic rings. The van der Waals surface area contributed by atoms with Crippen LogP contribution < -0.4 is 5.32 Å². The maximum atomic E-state index is 10.1. The smallest absolute Gasteiger partial charge is 0.0972 e. The molecule has 0 radical (unpaired) electrons. The van der Waals surface area contributed by atoms with Gasteiger partial charge < -0.3 is 9.84 Å². The number of hydrogen-bond donors (Lipinski definition) is 2. The minimum atomic E-state index is -0.451. The van der Waals surface area contributed by atoms with Gasteiger partial charge >= 0.3 is 0 Å². The molecule has 1 aliphatic carbocycles. The van der Waals surface area contributed by atoms with Crippen LogP contribution in [0.4, 0.5) is 0 Å². The highest BCUT2D eigenvalue weighted by atomic mass is 32.1. The van der Waals surface area contributed by atoms with Gasteiger partial charge in [-0.2, -0.15) is 0 Å². The minimum absolute atomic E-state index is 0.147. The van der Waals surface area contributed by atoms with Crippen LogP contribution in [-0.4, -0.2) is 23.4 Å². The molecule has 1 aliphatic rings. The molecular formula is C13H20N2O2S. The Morgan fingerprint density at radius 2 is 2.50 bits per heavy atom. The SMILES string of the molecule is C=CC1CCC(O)c2ncsc2C1NCOCC. The van der Waals surface area contributed by atoms with Crippen molar-refractivity contribution in [1.29, 1.82) is 0 Å². The van der Waals surface area contributed by atoms with Gasteiger partial charge in [-0.25, -0.2) is 4.98 Å². The van der Waals surface area contributed by atoms with E-state index in [1.165, 1.54) is 0 Å². The first-order chi connectivity index (χ1) is 8.77. The molecule has 18 heavy (non-hydrogen) atoms. The lowest BCUT2D eigenvalue weighted by Crippen LogP contribution is -2.28. The lowest BCUT2D eigenvalue weighted by Gasteiger charge is -2.23. The fourth-order valence-corrected chi connectivity index (χ4v) is 3.34. The molecule has 2 rings (SSSR count). The van der Waals surface area contributed by atoms with E-state index < -0.39 is 6.10 Å². The van der Waals surface area contributed by atoms with Gasteiger partial charge in [-0.3, -0.25) is 5.32 Å². The van der Waals surface area contributed by atoms with E-state index >= 15 is 0 Å². The number of nitrogens with one attached hydrogen (secondary N) is 1. The van der Waals surface area contributed by atoms with Crippen LogP contribution in [0.15, 0.2) is 18.2 Å². The summed E-state index contributed by atoms with van der Waals surface area (Å²) in [5.41, 5.74) is 2.62. The maximum Gasteiger partial charge on any atom is 0.0972 e. The Balaban J connectivity index is 2.20. The fourth-order valence-electron chi connectivity index (χ4n) is 2.34. The van der Waals surface area contributed by atoms with E-state index in [1.54, 1.807) is 16.8 Å². The molecular weight excluding hydrogens is 248 g/mol. The van der Waals surface area contributed by atoms with Gasteiger partial charge in [0, 0.05) is 11.5 Å². The molecule has 0 amide bonds. The Bertz CT molecular complexity index is 394. The summed E-state index contributed by atoms with van der Waals surface area (Å²) in [5, 5.41) is 13.5. The van der Waals surface area contributed by atoms with E-state index in [0.717, 1.165) is 23.4 Å². The Hall–Kier alpha value is -0.750. The highest BCUT2D eigenvalue weighted by molar-refractivity contribution is 7.09. The highest BCUT2D eigenvalue weighted by Gasteiger charge is 2.31. The lowest BCUT2D eigenvalue weighted by molar-refractivity contribution is 0.113. The van der Waals surface area contributed by atoms with Gasteiger partial charge in [0.2, 0.25) is 0 Å². The number of aliphatic hydroxyl groups excluding tert-OH is 1. The van der Waals surface area contributed by atoms with Crippen LogP contribution >= 0.6 is 11.3 Å². The molecule has 3 atom stereocenters. The first-order valence-corrected chi connectivity index (χ1v) is 7.20.